The lowest BCUT2D eigenvalue weighted by Crippen LogP contribution is -2.21. The van der Waals surface area contributed by atoms with E-state index in [0.29, 0.717) is 11.1 Å². The van der Waals surface area contributed by atoms with Crippen molar-refractivity contribution >= 4 is 38.5 Å². The number of hydrogen-bond donors (Lipinski definition) is 3. The van der Waals surface area contributed by atoms with Crippen molar-refractivity contribution < 1.29 is 18.3 Å². The second-order valence-corrected chi connectivity index (χ2v) is 10.1. The monoisotopic (exact) mass is 542 g/mol. The molecule has 0 saturated carbocycles. The first-order valence-electron chi connectivity index (χ1n) is 11.6. The smallest absolute Gasteiger partial charge is 0.265 e. The molecule has 0 spiro atoms. The molecule has 10 nitrogen and oxygen atoms in total. The van der Waals surface area contributed by atoms with Gasteiger partial charge in [0.15, 0.2) is 0 Å². The molecule has 11 heteroatoms. The highest BCUT2D eigenvalue weighted by Gasteiger charge is 2.20. The maximum atomic E-state index is 13.5. The summed E-state index contributed by atoms with van der Waals surface area (Å²) in [6, 6.07) is 23.3. The Morgan fingerprint density at radius 2 is 1.64 bits per heavy atom. The highest BCUT2D eigenvalue weighted by Crippen LogP contribution is 2.29. The third-order valence-electron chi connectivity index (χ3n) is 5.93. The number of aliphatic imine (C=N–C) groups is 1. The van der Waals surface area contributed by atoms with Crippen LogP contribution in [-0.4, -0.2) is 36.4 Å². The van der Waals surface area contributed by atoms with Crippen LogP contribution >= 0.6 is 0 Å². The summed E-state index contributed by atoms with van der Waals surface area (Å²) in [7, 11) is -2.66. The van der Waals surface area contributed by atoms with Crippen molar-refractivity contribution in [2.45, 2.75) is 4.90 Å². The standard InChI is InChI=1S/C28H22N4O6S/c1-38-24-13-5-4-12-23(24)31-39(36,37)19-9-6-8-18(16-19)32-27(34)21-11-3-2-10-20(21)22(28(32)35)17-29-25-14-7-15-26(33)30-25/h2-17,31,35H,1H3,(H,30,33). The number of nitrogens with one attached hydrogen (secondary N) is 2. The molecule has 0 amide bonds. The first kappa shape index (κ1) is 25.5. The van der Waals surface area contributed by atoms with E-state index in [2.05, 4.69) is 14.7 Å². The predicted octanol–water partition coefficient (Wildman–Crippen LogP) is 3.94. The number of pyridine rings is 2. The fourth-order valence-electron chi connectivity index (χ4n) is 4.10. The third kappa shape index (κ3) is 5.03. The lowest BCUT2D eigenvalue weighted by molar-refractivity contribution is 0.417. The summed E-state index contributed by atoms with van der Waals surface area (Å²) >= 11 is 0. The fraction of sp³-hybridized carbons (Fsp3) is 0.0357. The minimum atomic E-state index is -4.09. The number of rotatable bonds is 7. The van der Waals surface area contributed by atoms with Crippen LogP contribution in [0.4, 0.5) is 11.5 Å². The van der Waals surface area contributed by atoms with Crippen molar-refractivity contribution in [1.82, 2.24) is 9.55 Å². The topological polar surface area (TPSA) is 143 Å². The fourth-order valence-corrected chi connectivity index (χ4v) is 5.21. The Balaban J connectivity index is 1.64. The van der Waals surface area contributed by atoms with Gasteiger partial charge < -0.3 is 14.8 Å². The Bertz CT molecular complexity index is 1960. The van der Waals surface area contributed by atoms with Gasteiger partial charge in [-0.15, -0.1) is 0 Å². The summed E-state index contributed by atoms with van der Waals surface area (Å²) in [6.45, 7) is 0. The van der Waals surface area contributed by atoms with Gasteiger partial charge >= 0.3 is 0 Å². The summed E-state index contributed by atoms with van der Waals surface area (Å²) < 4.78 is 35.2. The van der Waals surface area contributed by atoms with Crippen molar-refractivity contribution in [3.8, 4) is 17.3 Å². The number of H-pyrrole nitrogens is 1. The van der Waals surface area contributed by atoms with Crippen molar-refractivity contribution in [1.29, 1.82) is 0 Å². The van der Waals surface area contributed by atoms with Crippen LogP contribution in [0.25, 0.3) is 16.5 Å². The molecule has 5 aromatic rings. The molecule has 0 unspecified atom stereocenters. The molecular weight excluding hydrogens is 520 g/mol. The van der Waals surface area contributed by atoms with Crippen LogP contribution in [0, 0.1) is 0 Å². The number of anilines is 1. The largest absolute Gasteiger partial charge is 0.495 e. The van der Waals surface area contributed by atoms with Crippen molar-refractivity contribution in [2.24, 2.45) is 4.99 Å². The van der Waals surface area contributed by atoms with E-state index < -0.39 is 21.5 Å². The second kappa shape index (κ2) is 10.3. The molecule has 2 aromatic heterocycles. The van der Waals surface area contributed by atoms with E-state index in [1.165, 1.54) is 49.7 Å². The molecular formula is C28H22N4O6S. The van der Waals surface area contributed by atoms with Crippen LogP contribution < -0.4 is 20.6 Å². The molecule has 0 aliphatic heterocycles. The van der Waals surface area contributed by atoms with Crippen LogP contribution in [0.15, 0.2) is 110 Å². The Morgan fingerprint density at radius 1 is 0.923 bits per heavy atom. The number of hydrogen-bond acceptors (Lipinski definition) is 7. The summed E-state index contributed by atoms with van der Waals surface area (Å²) in [6.07, 6.45) is 1.34. The van der Waals surface area contributed by atoms with Crippen LogP contribution in [0.5, 0.6) is 11.6 Å². The molecule has 0 bridgehead atoms. The molecule has 0 aliphatic rings. The van der Waals surface area contributed by atoms with E-state index in [1.54, 1.807) is 54.6 Å². The number of aromatic nitrogens is 2. The minimum absolute atomic E-state index is 0.119. The maximum Gasteiger partial charge on any atom is 0.265 e. The zero-order valence-corrected chi connectivity index (χ0v) is 21.3. The highest BCUT2D eigenvalue weighted by molar-refractivity contribution is 7.92. The van der Waals surface area contributed by atoms with Crippen LogP contribution in [-0.2, 0) is 10.0 Å². The van der Waals surface area contributed by atoms with E-state index in [0.717, 1.165) is 4.57 Å². The molecule has 3 aromatic carbocycles. The van der Waals surface area contributed by atoms with E-state index in [9.17, 15) is 23.1 Å². The number of aromatic hydroxyl groups is 1. The number of methoxy groups -OCH3 is 1. The number of fused-ring (bicyclic) bond motifs is 1. The summed E-state index contributed by atoms with van der Waals surface area (Å²) in [4.78, 5) is 31.8. The number of para-hydroxylation sites is 2. The molecule has 0 aliphatic carbocycles. The van der Waals surface area contributed by atoms with E-state index >= 15 is 0 Å². The lowest BCUT2D eigenvalue weighted by atomic mass is 10.1. The normalized spacial score (nSPS) is 11.6. The minimum Gasteiger partial charge on any atom is -0.495 e. The van der Waals surface area contributed by atoms with Gasteiger partial charge in [-0.25, -0.2) is 18.0 Å². The van der Waals surface area contributed by atoms with E-state index in [4.69, 9.17) is 4.74 Å². The molecule has 0 radical (unpaired) electrons. The van der Waals surface area contributed by atoms with Gasteiger partial charge in [0.1, 0.15) is 11.6 Å². The Kier molecular flexibility index (Phi) is 6.73. The Hall–Kier alpha value is -5.16. The van der Waals surface area contributed by atoms with Crippen LogP contribution in [0.2, 0.25) is 0 Å². The average Bonchev–Trinajstić information content (AvgIpc) is 2.93. The first-order valence-corrected chi connectivity index (χ1v) is 13.1. The van der Waals surface area contributed by atoms with Gasteiger partial charge in [-0.05, 0) is 42.5 Å². The first-order chi connectivity index (χ1) is 18.8. The molecule has 196 valence electrons. The molecule has 0 fully saturated rings. The highest BCUT2D eigenvalue weighted by atomic mass is 32.2. The lowest BCUT2D eigenvalue weighted by Gasteiger charge is -2.15. The number of benzene rings is 3. The Morgan fingerprint density at radius 3 is 2.41 bits per heavy atom. The van der Waals surface area contributed by atoms with E-state index in [1.807, 2.05) is 0 Å². The number of ether oxygens (including phenoxy) is 1. The zero-order chi connectivity index (χ0) is 27.6. The SMILES string of the molecule is COc1ccccc1NS(=O)(=O)c1cccc(-n2c(O)c(C=Nc3cccc(=O)[nH]3)c3ccccc3c2=O)c1. The Labute approximate surface area is 222 Å². The average molecular weight is 543 g/mol. The number of sulfonamides is 1. The molecule has 39 heavy (non-hydrogen) atoms. The van der Waals surface area contributed by atoms with Gasteiger partial charge in [-0.1, -0.05) is 42.5 Å². The van der Waals surface area contributed by atoms with E-state index in [-0.39, 0.29) is 38.6 Å². The van der Waals surface area contributed by atoms with Crippen LogP contribution in [0.3, 0.4) is 0 Å². The van der Waals surface area contributed by atoms with Gasteiger partial charge in [-0.3, -0.25) is 14.3 Å². The molecule has 3 N–H and O–H groups in total. The van der Waals surface area contributed by atoms with Gasteiger partial charge in [0.25, 0.3) is 15.6 Å². The van der Waals surface area contributed by atoms with Crippen molar-refractivity contribution in [2.75, 3.05) is 11.8 Å². The molecule has 0 saturated heterocycles. The van der Waals surface area contributed by atoms with Gasteiger partial charge in [-0.2, -0.15) is 0 Å². The summed E-state index contributed by atoms with van der Waals surface area (Å²) in [5, 5.41) is 12.0. The van der Waals surface area contributed by atoms with Crippen molar-refractivity contribution in [3.05, 3.63) is 117 Å². The molecule has 2 heterocycles. The van der Waals surface area contributed by atoms with Crippen LogP contribution in [0.1, 0.15) is 5.56 Å². The second-order valence-electron chi connectivity index (χ2n) is 8.39. The maximum absolute atomic E-state index is 13.5. The zero-order valence-electron chi connectivity index (χ0n) is 20.5. The summed E-state index contributed by atoms with van der Waals surface area (Å²) in [5.74, 6) is 0.136. The third-order valence-corrected chi connectivity index (χ3v) is 7.29. The van der Waals surface area contributed by atoms with Crippen molar-refractivity contribution in [3.63, 3.8) is 0 Å². The number of nitrogens with zero attached hydrogens (tertiary/aromatic N) is 2. The predicted molar refractivity (Wildman–Crippen MR) is 149 cm³/mol. The molecule has 5 rings (SSSR count). The van der Waals surface area contributed by atoms with Gasteiger partial charge in [0.2, 0.25) is 11.4 Å². The summed E-state index contributed by atoms with van der Waals surface area (Å²) in [5.41, 5.74) is -0.332. The molecule has 0 atom stereocenters. The van der Waals surface area contributed by atoms with Gasteiger partial charge in [0.05, 0.1) is 28.9 Å². The number of aromatic amines is 1. The quantitative estimate of drug-likeness (QED) is 0.266. The van der Waals surface area contributed by atoms with Gasteiger partial charge in [0, 0.05) is 23.1 Å².